The number of halogens is 1. The van der Waals surface area contributed by atoms with Gasteiger partial charge in [-0.1, -0.05) is 31.5 Å². The summed E-state index contributed by atoms with van der Waals surface area (Å²) in [6, 6.07) is 14.1. The summed E-state index contributed by atoms with van der Waals surface area (Å²) < 4.78 is 24.4. The van der Waals surface area contributed by atoms with Crippen LogP contribution < -0.4 is 19.5 Å². The molecule has 4 aliphatic rings. The van der Waals surface area contributed by atoms with Crippen LogP contribution in [0.4, 0.5) is 5.69 Å². The fraction of sp³-hybridized carbons (Fsp3) is 0.538. The monoisotopic (exact) mass is 658 g/mol. The number of nitrogens with zero attached hydrogens (tertiary/aromatic N) is 1. The standard InChI is InChI=1S/C39H47ClN2O5/c1-24(22-45-33-11-16-41-32-10-5-7-25(2)36(32)33)17-28-18-27-19-35-34(46-23-26(3)47-35)21-31(27)38(28)12-14-39(15-13-38,37(43)44-4)42-30-9-6-8-29(40)20-30/h6,8-9,11,16,19-21,24-26,28,42H,5,7,10,12-15,17-18,22-23H2,1-4H3/t24-,25-,26+,28+,38?,39?/m1/s1. The molecule has 1 aromatic heterocycles. The van der Waals surface area contributed by atoms with Gasteiger partial charge in [-0.05, 0) is 135 Å². The molecule has 8 heteroatoms. The fourth-order valence-corrected chi connectivity index (χ4v) is 9.15. The molecule has 1 N–H and O–H groups in total. The maximum atomic E-state index is 13.5. The van der Waals surface area contributed by atoms with Crippen molar-refractivity contribution in [1.82, 2.24) is 4.98 Å². The van der Waals surface area contributed by atoms with Crippen molar-refractivity contribution in [2.45, 2.75) is 102 Å². The minimum absolute atomic E-state index is 0.0263. The van der Waals surface area contributed by atoms with Crippen LogP contribution in [0.1, 0.15) is 94.0 Å². The molecule has 2 aromatic carbocycles. The molecule has 250 valence electrons. The molecule has 0 amide bonds. The Bertz CT molecular complexity index is 1630. The maximum absolute atomic E-state index is 13.5. The van der Waals surface area contributed by atoms with Crippen LogP contribution in [-0.2, 0) is 27.8 Å². The van der Waals surface area contributed by atoms with Gasteiger partial charge in [-0.25, -0.2) is 4.79 Å². The average molecular weight is 659 g/mol. The number of aryl methyl sites for hydroxylation is 1. The lowest BCUT2D eigenvalue weighted by Crippen LogP contribution is -2.53. The Balaban J connectivity index is 1.15. The zero-order chi connectivity index (χ0) is 32.8. The van der Waals surface area contributed by atoms with Crippen LogP contribution >= 0.6 is 11.6 Å². The Hall–Kier alpha value is -3.45. The Kier molecular flexibility index (Phi) is 8.79. The third kappa shape index (κ3) is 6.05. The molecule has 1 spiro atoms. The number of carbonyl (C=O) groups excluding carboxylic acids is 1. The van der Waals surface area contributed by atoms with Crippen molar-refractivity contribution in [3.05, 3.63) is 76.1 Å². The first kappa shape index (κ1) is 32.1. The number of carbonyl (C=O) groups is 1. The van der Waals surface area contributed by atoms with Gasteiger partial charge >= 0.3 is 5.97 Å². The topological polar surface area (TPSA) is 78.9 Å². The zero-order valence-corrected chi connectivity index (χ0v) is 28.8. The molecule has 3 aliphatic carbocycles. The predicted molar refractivity (Wildman–Crippen MR) is 184 cm³/mol. The number of hydrogen-bond donors (Lipinski definition) is 1. The number of fused-ring (bicyclic) bond motifs is 4. The van der Waals surface area contributed by atoms with E-state index in [9.17, 15) is 4.79 Å². The van der Waals surface area contributed by atoms with E-state index in [0.29, 0.717) is 48.8 Å². The summed E-state index contributed by atoms with van der Waals surface area (Å²) in [5.41, 5.74) is 5.10. The Morgan fingerprint density at radius 3 is 2.74 bits per heavy atom. The second-order valence-electron chi connectivity index (χ2n) is 14.6. The molecule has 3 aromatic rings. The van der Waals surface area contributed by atoms with Gasteiger partial charge < -0.3 is 24.3 Å². The number of rotatable bonds is 8. The van der Waals surface area contributed by atoms with Crippen LogP contribution in [0.5, 0.6) is 17.2 Å². The highest BCUT2D eigenvalue weighted by Gasteiger charge is 2.55. The number of pyridine rings is 1. The number of hydrogen-bond acceptors (Lipinski definition) is 7. The van der Waals surface area contributed by atoms with E-state index in [1.165, 1.54) is 42.3 Å². The van der Waals surface area contributed by atoms with E-state index < -0.39 is 5.54 Å². The van der Waals surface area contributed by atoms with Crippen LogP contribution in [0, 0.1) is 11.8 Å². The molecular weight excluding hydrogens is 612 g/mol. The molecular formula is C39H47ClN2O5. The molecule has 0 saturated heterocycles. The smallest absolute Gasteiger partial charge is 0.331 e. The first-order valence-electron chi connectivity index (χ1n) is 17.4. The lowest BCUT2D eigenvalue weighted by Gasteiger charge is -2.48. The highest BCUT2D eigenvalue weighted by molar-refractivity contribution is 6.30. The third-order valence-corrected chi connectivity index (χ3v) is 11.6. The van der Waals surface area contributed by atoms with E-state index in [2.05, 4.69) is 36.3 Å². The van der Waals surface area contributed by atoms with E-state index in [-0.39, 0.29) is 17.5 Å². The molecule has 7 nitrogen and oxygen atoms in total. The highest BCUT2D eigenvalue weighted by Crippen LogP contribution is 2.58. The van der Waals surface area contributed by atoms with Crippen LogP contribution in [0.25, 0.3) is 0 Å². The summed E-state index contributed by atoms with van der Waals surface area (Å²) in [6.07, 6.45) is 10.3. The number of aromatic nitrogens is 1. The second-order valence-corrected chi connectivity index (χ2v) is 15.0. The number of nitrogens with one attached hydrogen (secondary N) is 1. The van der Waals surface area contributed by atoms with Crippen molar-refractivity contribution < 1.29 is 23.7 Å². The largest absolute Gasteiger partial charge is 0.493 e. The molecule has 47 heavy (non-hydrogen) atoms. The molecule has 4 atom stereocenters. The summed E-state index contributed by atoms with van der Waals surface area (Å²) in [4.78, 5) is 18.2. The first-order chi connectivity index (χ1) is 22.7. The molecule has 2 heterocycles. The van der Waals surface area contributed by atoms with Crippen LogP contribution in [-0.4, -0.2) is 42.9 Å². The molecule has 1 saturated carbocycles. The minimum Gasteiger partial charge on any atom is -0.493 e. The predicted octanol–water partition coefficient (Wildman–Crippen LogP) is 8.45. The quantitative estimate of drug-likeness (QED) is 0.243. The fourth-order valence-electron chi connectivity index (χ4n) is 8.96. The molecule has 1 fully saturated rings. The summed E-state index contributed by atoms with van der Waals surface area (Å²) >= 11 is 6.33. The lowest BCUT2D eigenvalue weighted by atomic mass is 9.59. The number of esters is 1. The van der Waals surface area contributed by atoms with E-state index >= 15 is 0 Å². The number of methoxy groups -OCH3 is 1. The lowest BCUT2D eigenvalue weighted by molar-refractivity contribution is -0.148. The molecule has 0 bridgehead atoms. The summed E-state index contributed by atoms with van der Waals surface area (Å²) in [5.74, 6) is 3.65. The van der Waals surface area contributed by atoms with E-state index in [4.69, 9.17) is 30.5 Å². The average Bonchev–Trinajstić information content (AvgIpc) is 3.34. The van der Waals surface area contributed by atoms with Crippen molar-refractivity contribution in [2.24, 2.45) is 11.8 Å². The van der Waals surface area contributed by atoms with E-state index in [1.807, 2.05) is 43.5 Å². The Labute approximate surface area is 283 Å². The molecule has 0 radical (unpaired) electrons. The van der Waals surface area contributed by atoms with Crippen molar-refractivity contribution in [2.75, 3.05) is 25.6 Å². The Morgan fingerprint density at radius 1 is 1.13 bits per heavy atom. The first-order valence-corrected chi connectivity index (χ1v) is 17.8. The summed E-state index contributed by atoms with van der Waals surface area (Å²) in [6.45, 7) is 7.86. The van der Waals surface area contributed by atoms with Gasteiger partial charge in [0, 0.05) is 28.2 Å². The van der Waals surface area contributed by atoms with E-state index in [0.717, 1.165) is 55.0 Å². The van der Waals surface area contributed by atoms with Gasteiger partial charge in [0.2, 0.25) is 0 Å². The van der Waals surface area contributed by atoms with Gasteiger partial charge in [0.25, 0.3) is 0 Å². The third-order valence-electron chi connectivity index (χ3n) is 11.3. The molecule has 1 aliphatic heterocycles. The van der Waals surface area contributed by atoms with Gasteiger partial charge in [0.15, 0.2) is 11.5 Å². The van der Waals surface area contributed by atoms with Crippen molar-refractivity contribution in [3.8, 4) is 17.2 Å². The summed E-state index contributed by atoms with van der Waals surface area (Å²) in [7, 11) is 1.48. The van der Waals surface area contributed by atoms with Gasteiger partial charge in [-0.2, -0.15) is 0 Å². The molecule has 0 unspecified atom stereocenters. The number of anilines is 1. The van der Waals surface area contributed by atoms with Crippen molar-refractivity contribution >= 4 is 23.3 Å². The summed E-state index contributed by atoms with van der Waals surface area (Å²) in [5, 5.41) is 4.20. The maximum Gasteiger partial charge on any atom is 0.331 e. The zero-order valence-electron chi connectivity index (χ0n) is 28.1. The van der Waals surface area contributed by atoms with Gasteiger partial charge in [-0.3, -0.25) is 4.98 Å². The van der Waals surface area contributed by atoms with Crippen LogP contribution in [0.3, 0.4) is 0 Å². The van der Waals surface area contributed by atoms with Gasteiger partial charge in [-0.15, -0.1) is 0 Å². The van der Waals surface area contributed by atoms with Gasteiger partial charge in [0.1, 0.15) is 24.0 Å². The van der Waals surface area contributed by atoms with Crippen LogP contribution in [0.15, 0.2) is 48.7 Å². The van der Waals surface area contributed by atoms with E-state index in [1.54, 1.807) is 0 Å². The SMILES string of the molecule is COC(=O)C1(Nc2cccc(Cl)c2)CCC2(CC1)c1cc3c(cc1C[C@@H]2C[C@@H](C)COc1ccnc2c1[C@H](C)CCC2)O[C@@H](C)CO3. The van der Waals surface area contributed by atoms with Crippen molar-refractivity contribution in [1.29, 1.82) is 0 Å². The van der Waals surface area contributed by atoms with Gasteiger partial charge in [0.05, 0.1) is 13.7 Å². The highest BCUT2D eigenvalue weighted by atomic mass is 35.5. The normalized spacial score (nSPS) is 28.2. The Morgan fingerprint density at radius 2 is 1.96 bits per heavy atom. The molecule has 7 rings (SSSR count). The minimum atomic E-state index is -0.826. The number of ether oxygens (including phenoxy) is 4. The number of benzene rings is 2. The van der Waals surface area contributed by atoms with Crippen LogP contribution in [0.2, 0.25) is 5.02 Å². The van der Waals surface area contributed by atoms with Crippen molar-refractivity contribution in [3.63, 3.8) is 0 Å². The second kappa shape index (κ2) is 12.9.